The Labute approximate surface area is 89.3 Å². The van der Waals surface area contributed by atoms with Crippen molar-refractivity contribution in [2.75, 3.05) is 0 Å². The number of hydrogen-bond donors (Lipinski definition) is 1. The zero-order valence-electron chi connectivity index (χ0n) is 8.93. The van der Waals surface area contributed by atoms with Crippen molar-refractivity contribution in [3.8, 4) is 0 Å². The van der Waals surface area contributed by atoms with Crippen LogP contribution in [0.3, 0.4) is 0 Å². The van der Waals surface area contributed by atoms with Gasteiger partial charge in [-0.1, -0.05) is 0 Å². The van der Waals surface area contributed by atoms with Crippen molar-refractivity contribution >= 4 is 0 Å². The van der Waals surface area contributed by atoms with Gasteiger partial charge in [-0.3, -0.25) is 0 Å². The molecule has 4 nitrogen and oxygen atoms in total. The first-order valence-corrected chi connectivity index (χ1v) is 5.18. The molecule has 0 aliphatic rings. The first-order valence-electron chi connectivity index (χ1n) is 5.18. The quantitative estimate of drug-likeness (QED) is 0.813. The molecule has 0 unspecified atom stereocenters. The highest BCUT2D eigenvalue weighted by molar-refractivity contribution is 5.10. The Bertz CT molecular complexity index is 427. The van der Waals surface area contributed by atoms with Gasteiger partial charge in [-0.25, -0.2) is 4.98 Å². The predicted octanol–water partition coefficient (Wildman–Crippen LogP) is 1.21. The molecule has 2 N–H and O–H groups in total. The Morgan fingerprint density at radius 1 is 1.40 bits per heavy atom. The first kappa shape index (κ1) is 9.98. The largest absolute Gasteiger partial charge is 0.346 e. The van der Waals surface area contributed by atoms with E-state index in [1.165, 1.54) is 0 Å². The highest BCUT2D eigenvalue weighted by atomic mass is 15.1. The summed E-state index contributed by atoms with van der Waals surface area (Å²) in [5, 5.41) is 0. The fourth-order valence-corrected chi connectivity index (χ4v) is 1.65. The number of aryl methyl sites for hydroxylation is 1. The molecule has 2 aromatic rings. The summed E-state index contributed by atoms with van der Waals surface area (Å²) in [5.74, 6) is 1.08. The van der Waals surface area contributed by atoms with E-state index in [1.54, 1.807) is 0 Å². The molecule has 0 saturated carbocycles. The van der Waals surface area contributed by atoms with Crippen molar-refractivity contribution in [1.29, 1.82) is 0 Å². The summed E-state index contributed by atoms with van der Waals surface area (Å²) in [7, 11) is 0. The molecule has 15 heavy (non-hydrogen) atoms. The summed E-state index contributed by atoms with van der Waals surface area (Å²) in [6.07, 6.45) is 7.94. The van der Waals surface area contributed by atoms with Crippen molar-refractivity contribution < 1.29 is 0 Å². The van der Waals surface area contributed by atoms with Crippen molar-refractivity contribution in [2.45, 2.75) is 26.6 Å². The summed E-state index contributed by atoms with van der Waals surface area (Å²) in [6.45, 7) is 4.47. The van der Waals surface area contributed by atoms with Crippen LogP contribution in [0.2, 0.25) is 0 Å². The molecule has 2 heterocycles. The number of nitrogens with two attached hydrogens (primary N) is 1. The Morgan fingerprint density at radius 3 is 2.93 bits per heavy atom. The third-order valence-corrected chi connectivity index (χ3v) is 2.51. The molecule has 0 aromatic carbocycles. The van der Waals surface area contributed by atoms with Crippen LogP contribution < -0.4 is 5.73 Å². The molecular weight excluding hydrogens is 188 g/mol. The normalized spacial score (nSPS) is 10.8. The Kier molecular flexibility index (Phi) is 2.87. The molecule has 80 valence electrons. The van der Waals surface area contributed by atoms with Gasteiger partial charge >= 0.3 is 0 Å². The van der Waals surface area contributed by atoms with Crippen LogP contribution in [0.25, 0.3) is 0 Å². The highest BCUT2D eigenvalue weighted by Gasteiger charge is 2.02. The lowest BCUT2D eigenvalue weighted by atomic mass is 10.3. The van der Waals surface area contributed by atoms with Gasteiger partial charge in [-0.15, -0.1) is 0 Å². The van der Waals surface area contributed by atoms with Gasteiger partial charge in [0.1, 0.15) is 5.82 Å². The van der Waals surface area contributed by atoms with E-state index in [0.717, 1.165) is 24.5 Å². The second kappa shape index (κ2) is 4.31. The molecule has 0 radical (unpaired) electrons. The van der Waals surface area contributed by atoms with E-state index in [9.17, 15) is 0 Å². The second-order valence-electron chi connectivity index (χ2n) is 3.53. The zero-order chi connectivity index (χ0) is 10.7. The van der Waals surface area contributed by atoms with Crippen molar-refractivity contribution in [3.63, 3.8) is 0 Å². The van der Waals surface area contributed by atoms with E-state index < -0.39 is 0 Å². The van der Waals surface area contributed by atoms with Gasteiger partial charge in [0, 0.05) is 37.9 Å². The summed E-state index contributed by atoms with van der Waals surface area (Å²) in [6, 6.07) is 2.04. The summed E-state index contributed by atoms with van der Waals surface area (Å²) in [4.78, 5) is 4.33. The molecule has 0 fully saturated rings. The first-order chi connectivity index (χ1) is 7.33. The lowest BCUT2D eigenvalue weighted by Crippen LogP contribution is -2.06. The molecule has 2 rings (SSSR count). The van der Waals surface area contributed by atoms with Gasteiger partial charge in [0.05, 0.1) is 6.54 Å². The van der Waals surface area contributed by atoms with E-state index in [1.807, 2.05) is 24.7 Å². The van der Waals surface area contributed by atoms with Crippen LogP contribution in [-0.4, -0.2) is 14.1 Å². The number of nitrogens with zero attached hydrogens (tertiary/aromatic N) is 3. The molecule has 0 spiro atoms. The smallest absolute Gasteiger partial charge is 0.128 e. The van der Waals surface area contributed by atoms with Crippen molar-refractivity contribution in [2.24, 2.45) is 5.73 Å². The molecule has 0 atom stereocenters. The number of imidazole rings is 1. The van der Waals surface area contributed by atoms with Crippen molar-refractivity contribution in [3.05, 3.63) is 42.2 Å². The second-order valence-corrected chi connectivity index (χ2v) is 3.53. The fraction of sp³-hybridized carbons (Fsp3) is 0.364. The minimum Gasteiger partial charge on any atom is -0.346 e. The molecule has 0 aliphatic carbocycles. The van der Waals surface area contributed by atoms with Crippen LogP contribution in [-0.2, 0) is 19.6 Å². The summed E-state index contributed by atoms with van der Waals surface area (Å²) in [5.41, 5.74) is 6.72. The third-order valence-electron chi connectivity index (χ3n) is 2.51. The zero-order valence-corrected chi connectivity index (χ0v) is 8.93. The van der Waals surface area contributed by atoms with Crippen molar-refractivity contribution in [1.82, 2.24) is 14.1 Å². The van der Waals surface area contributed by atoms with Crippen LogP contribution in [0.4, 0.5) is 0 Å². The summed E-state index contributed by atoms with van der Waals surface area (Å²) >= 11 is 0. The Balaban J connectivity index is 2.14. The third kappa shape index (κ3) is 2.10. The molecule has 0 aliphatic heterocycles. The maximum Gasteiger partial charge on any atom is 0.128 e. The SMILES string of the molecule is CCn1ccnc1Cn1ccc(CN)c1. The molecule has 0 saturated heterocycles. The molecular formula is C11H16N4. The van der Waals surface area contributed by atoms with Crippen LogP contribution in [0.1, 0.15) is 18.3 Å². The molecule has 4 heteroatoms. The van der Waals surface area contributed by atoms with E-state index >= 15 is 0 Å². The van der Waals surface area contributed by atoms with Gasteiger partial charge < -0.3 is 14.9 Å². The van der Waals surface area contributed by atoms with E-state index in [4.69, 9.17) is 5.73 Å². The van der Waals surface area contributed by atoms with Crippen LogP contribution in [0.15, 0.2) is 30.9 Å². The maximum atomic E-state index is 5.56. The van der Waals surface area contributed by atoms with E-state index in [0.29, 0.717) is 6.54 Å². The van der Waals surface area contributed by atoms with Crippen LogP contribution in [0.5, 0.6) is 0 Å². The van der Waals surface area contributed by atoms with Gasteiger partial charge in [-0.05, 0) is 18.6 Å². The number of aromatic nitrogens is 3. The Morgan fingerprint density at radius 2 is 2.27 bits per heavy atom. The van der Waals surface area contributed by atoms with E-state index in [-0.39, 0.29) is 0 Å². The standard InChI is InChI=1S/C11H16N4/c1-2-15-6-4-13-11(15)9-14-5-3-10(7-12)8-14/h3-6,8H,2,7,9,12H2,1H3. The summed E-state index contributed by atoms with van der Waals surface area (Å²) < 4.78 is 4.25. The van der Waals surface area contributed by atoms with Gasteiger partial charge in [0.2, 0.25) is 0 Å². The minimum atomic E-state index is 0.592. The lowest BCUT2D eigenvalue weighted by Gasteiger charge is -2.05. The maximum absolute atomic E-state index is 5.56. The average Bonchev–Trinajstić information content (AvgIpc) is 2.87. The molecule has 2 aromatic heterocycles. The van der Waals surface area contributed by atoms with Crippen LogP contribution in [0, 0.1) is 0 Å². The predicted molar refractivity (Wildman–Crippen MR) is 59.3 cm³/mol. The van der Waals surface area contributed by atoms with Gasteiger partial charge in [0.25, 0.3) is 0 Å². The Hall–Kier alpha value is -1.55. The monoisotopic (exact) mass is 204 g/mol. The minimum absolute atomic E-state index is 0.592. The van der Waals surface area contributed by atoms with Crippen LogP contribution >= 0.6 is 0 Å². The fourth-order valence-electron chi connectivity index (χ4n) is 1.65. The van der Waals surface area contributed by atoms with E-state index in [2.05, 4.69) is 27.2 Å². The number of rotatable bonds is 4. The molecule has 0 bridgehead atoms. The molecule has 0 amide bonds. The lowest BCUT2D eigenvalue weighted by molar-refractivity contribution is 0.652. The van der Waals surface area contributed by atoms with Gasteiger partial charge in [-0.2, -0.15) is 0 Å². The van der Waals surface area contributed by atoms with Gasteiger partial charge in [0.15, 0.2) is 0 Å². The highest BCUT2D eigenvalue weighted by Crippen LogP contribution is 2.04. The topological polar surface area (TPSA) is 48.8 Å². The average molecular weight is 204 g/mol. The number of hydrogen-bond acceptors (Lipinski definition) is 2.